The standard InChI is InChI=1S/C27H35N5O/c1-4-32-14-10-22(11-15-32)28-12-13-29-23-8-9-24(20(3)17-23)26-18-25(30-27(33)31-26)21-7-5-6-19(2)16-21/h5-9,16-18,22,28-29H,4,10-15H2,1-3H3,(H,30,31,33). The molecule has 33 heavy (non-hydrogen) atoms. The van der Waals surface area contributed by atoms with Crippen LogP contribution in [0.3, 0.4) is 0 Å². The lowest BCUT2D eigenvalue weighted by Crippen LogP contribution is -2.43. The summed E-state index contributed by atoms with van der Waals surface area (Å²) >= 11 is 0. The molecule has 6 heteroatoms. The Hall–Kier alpha value is -2.96. The molecule has 174 valence electrons. The lowest BCUT2D eigenvalue weighted by Gasteiger charge is -2.31. The van der Waals surface area contributed by atoms with Crippen molar-refractivity contribution in [2.45, 2.75) is 39.7 Å². The number of hydrogen-bond donors (Lipinski definition) is 3. The summed E-state index contributed by atoms with van der Waals surface area (Å²) in [7, 11) is 0. The Balaban J connectivity index is 1.38. The summed E-state index contributed by atoms with van der Waals surface area (Å²) < 4.78 is 0. The molecule has 2 aromatic carbocycles. The van der Waals surface area contributed by atoms with Crippen LogP contribution >= 0.6 is 0 Å². The van der Waals surface area contributed by atoms with Crippen LogP contribution in [-0.2, 0) is 0 Å². The van der Waals surface area contributed by atoms with Crippen LogP contribution < -0.4 is 16.3 Å². The van der Waals surface area contributed by atoms with Gasteiger partial charge >= 0.3 is 5.69 Å². The molecule has 1 saturated heterocycles. The molecule has 3 N–H and O–H groups in total. The first-order chi connectivity index (χ1) is 16.0. The van der Waals surface area contributed by atoms with E-state index < -0.39 is 0 Å². The van der Waals surface area contributed by atoms with Crippen molar-refractivity contribution in [1.29, 1.82) is 0 Å². The van der Waals surface area contributed by atoms with Crippen LogP contribution in [0.25, 0.3) is 22.5 Å². The minimum Gasteiger partial charge on any atom is -0.384 e. The fraction of sp³-hybridized carbons (Fsp3) is 0.407. The average Bonchev–Trinajstić information content (AvgIpc) is 2.82. The van der Waals surface area contributed by atoms with E-state index in [9.17, 15) is 4.79 Å². The Morgan fingerprint density at radius 2 is 1.88 bits per heavy atom. The smallest absolute Gasteiger partial charge is 0.345 e. The maximum atomic E-state index is 12.3. The summed E-state index contributed by atoms with van der Waals surface area (Å²) in [6.07, 6.45) is 2.46. The summed E-state index contributed by atoms with van der Waals surface area (Å²) in [6, 6.07) is 16.9. The lowest BCUT2D eigenvalue weighted by molar-refractivity contribution is 0.207. The van der Waals surface area contributed by atoms with Gasteiger partial charge in [-0.1, -0.05) is 36.8 Å². The summed E-state index contributed by atoms with van der Waals surface area (Å²) in [5, 5.41) is 7.21. The van der Waals surface area contributed by atoms with Gasteiger partial charge in [0, 0.05) is 35.9 Å². The van der Waals surface area contributed by atoms with Crippen molar-refractivity contribution in [2.75, 3.05) is 38.0 Å². The third-order valence-corrected chi connectivity index (χ3v) is 6.50. The molecular weight excluding hydrogens is 410 g/mol. The maximum absolute atomic E-state index is 12.3. The zero-order chi connectivity index (χ0) is 23.2. The van der Waals surface area contributed by atoms with E-state index in [1.807, 2.05) is 37.3 Å². The molecule has 6 nitrogen and oxygen atoms in total. The Bertz CT molecular complexity index is 1130. The number of piperidine rings is 1. The molecule has 2 heterocycles. The van der Waals surface area contributed by atoms with Gasteiger partial charge in [-0.25, -0.2) is 4.79 Å². The predicted octanol–water partition coefficient (Wildman–Crippen LogP) is 4.21. The van der Waals surface area contributed by atoms with Crippen LogP contribution in [0.5, 0.6) is 0 Å². The van der Waals surface area contributed by atoms with Crippen LogP contribution in [0.4, 0.5) is 5.69 Å². The fourth-order valence-electron chi connectivity index (χ4n) is 4.57. The van der Waals surface area contributed by atoms with Crippen molar-refractivity contribution in [3.05, 3.63) is 70.1 Å². The minimum absolute atomic E-state index is 0.332. The van der Waals surface area contributed by atoms with E-state index in [1.54, 1.807) is 0 Å². The van der Waals surface area contributed by atoms with Crippen molar-refractivity contribution in [3.8, 4) is 22.5 Å². The molecule has 0 atom stereocenters. The van der Waals surface area contributed by atoms with Gasteiger partial charge in [-0.05, 0) is 76.2 Å². The van der Waals surface area contributed by atoms with E-state index >= 15 is 0 Å². The van der Waals surface area contributed by atoms with Crippen LogP contribution in [0.15, 0.2) is 53.3 Å². The number of aryl methyl sites for hydroxylation is 2. The van der Waals surface area contributed by atoms with Crippen molar-refractivity contribution in [3.63, 3.8) is 0 Å². The second-order valence-corrected chi connectivity index (χ2v) is 8.97. The van der Waals surface area contributed by atoms with Crippen LogP contribution in [0, 0.1) is 13.8 Å². The monoisotopic (exact) mass is 445 g/mol. The first-order valence-electron chi connectivity index (χ1n) is 12.0. The predicted molar refractivity (Wildman–Crippen MR) is 137 cm³/mol. The second kappa shape index (κ2) is 10.8. The molecule has 1 aliphatic rings. The number of aromatic amines is 1. The Kier molecular flexibility index (Phi) is 7.57. The number of rotatable bonds is 8. The topological polar surface area (TPSA) is 73.0 Å². The zero-order valence-electron chi connectivity index (χ0n) is 19.9. The molecule has 1 aliphatic heterocycles. The molecule has 1 aromatic heterocycles. The van der Waals surface area contributed by atoms with E-state index in [4.69, 9.17) is 0 Å². The molecule has 0 saturated carbocycles. The normalized spacial score (nSPS) is 15.0. The van der Waals surface area contributed by atoms with Crippen LogP contribution in [0.1, 0.15) is 30.9 Å². The Morgan fingerprint density at radius 3 is 2.61 bits per heavy atom. The number of nitrogens with one attached hydrogen (secondary N) is 3. The molecule has 0 radical (unpaired) electrons. The fourth-order valence-corrected chi connectivity index (χ4v) is 4.57. The molecule has 0 spiro atoms. The SMILES string of the molecule is CCN1CCC(NCCNc2ccc(-c3cc(-c4cccc(C)c4)nc(=O)[nH]3)c(C)c2)CC1. The number of anilines is 1. The molecule has 4 rings (SSSR count). The zero-order valence-corrected chi connectivity index (χ0v) is 19.9. The molecule has 0 bridgehead atoms. The van der Waals surface area contributed by atoms with E-state index in [0.717, 1.165) is 53.3 Å². The molecular formula is C27H35N5O. The number of H-pyrrole nitrogens is 1. The summed E-state index contributed by atoms with van der Waals surface area (Å²) in [5.74, 6) is 0. The second-order valence-electron chi connectivity index (χ2n) is 8.97. The van der Waals surface area contributed by atoms with Gasteiger partial charge in [-0.2, -0.15) is 4.98 Å². The highest BCUT2D eigenvalue weighted by Gasteiger charge is 2.17. The van der Waals surface area contributed by atoms with E-state index in [2.05, 4.69) is 57.5 Å². The average molecular weight is 446 g/mol. The van der Waals surface area contributed by atoms with Crippen LogP contribution in [-0.4, -0.2) is 53.6 Å². The highest BCUT2D eigenvalue weighted by molar-refractivity contribution is 5.71. The number of benzene rings is 2. The van der Waals surface area contributed by atoms with Gasteiger partial charge < -0.3 is 20.5 Å². The number of aromatic nitrogens is 2. The third-order valence-electron chi connectivity index (χ3n) is 6.50. The molecule has 0 aliphatic carbocycles. The van der Waals surface area contributed by atoms with Crippen molar-refractivity contribution < 1.29 is 0 Å². The van der Waals surface area contributed by atoms with Gasteiger partial charge in [0.15, 0.2) is 0 Å². The van der Waals surface area contributed by atoms with Crippen molar-refractivity contribution in [1.82, 2.24) is 20.2 Å². The van der Waals surface area contributed by atoms with E-state index in [1.165, 1.54) is 25.9 Å². The van der Waals surface area contributed by atoms with Crippen LogP contribution in [0.2, 0.25) is 0 Å². The van der Waals surface area contributed by atoms with Crippen molar-refractivity contribution in [2.24, 2.45) is 0 Å². The van der Waals surface area contributed by atoms with Gasteiger partial charge in [0.2, 0.25) is 0 Å². The summed E-state index contributed by atoms with van der Waals surface area (Å²) in [4.78, 5) is 21.9. The number of likely N-dealkylation sites (tertiary alicyclic amines) is 1. The molecule has 3 aromatic rings. The first-order valence-corrected chi connectivity index (χ1v) is 12.0. The minimum atomic E-state index is -0.332. The van der Waals surface area contributed by atoms with Crippen molar-refractivity contribution >= 4 is 5.69 Å². The Labute approximate surface area is 196 Å². The van der Waals surface area contributed by atoms with E-state index in [-0.39, 0.29) is 5.69 Å². The molecule has 1 fully saturated rings. The third kappa shape index (κ3) is 6.09. The lowest BCUT2D eigenvalue weighted by atomic mass is 10.0. The quantitative estimate of drug-likeness (QED) is 0.453. The highest BCUT2D eigenvalue weighted by atomic mass is 16.1. The molecule has 0 unspecified atom stereocenters. The molecule has 0 amide bonds. The van der Waals surface area contributed by atoms with Gasteiger partial charge in [0.05, 0.1) is 11.4 Å². The highest BCUT2D eigenvalue weighted by Crippen LogP contribution is 2.26. The first kappa shape index (κ1) is 23.2. The largest absolute Gasteiger partial charge is 0.384 e. The van der Waals surface area contributed by atoms with E-state index in [0.29, 0.717) is 11.7 Å². The maximum Gasteiger partial charge on any atom is 0.345 e. The number of nitrogens with zero attached hydrogens (tertiary/aromatic N) is 2. The summed E-state index contributed by atoms with van der Waals surface area (Å²) in [6.45, 7) is 11.7. The number of hydrogen-bond acceptors (Lipinski definition) is 5. The van der Waals surface area contributed by atoms with Gasteiger partial charge in [-0.3, -0.25) is 0 Å². The summed E-state index contributed by atoms with van der Waals surface area (Å²) in [5.41, 5.74) is 6.45. The van der Waals surface area contributed by atoms with Gasteiger partial charge in [-0.15, -0.1) is 0 Å². The Morgan fingerprint density at radius 1 is 1.06 bits per heavy atom. The van der Waals surface area contributed by atoms with Gasteiger partial charge in [0.25, 0.3) is 0 Å². The van der Waals surface area contributed by atoms with Gasteiger partial charge in [0.1, 0.15) is 0 Å².